The molecule has 21 heavy (non-hydrogen) atoms. The van der Waals surface area contributed by atoms with Gasteiger partial charge < -0.3 is 11.1 Å². The van der Waals surface area contributed by atoms with Crippen LogP contribution in [0.2, 0.25) is 0 Å². The smallest absolute Gasteiger partial charge is 0.224 e. The third-order valence-electron chi connectivity index (χ3n) is 3.44. The van der Waals surface area contributed by atoms with Crippen LogP contribution < -0.4 is 11.1 Å². The van der Waals surface area contributed by atoms with E-state index < -0.39 is 0 Å². The van der Waals surface area contributed by atoms with Crippen molar-refractivity contribution in [2.75, 3.05) is 0 Å². The molecule has 0 aliphatic heterocycles. The molecule has 0 aliphatic carbocycles. The lowest BCUT2D eigenvalue weighted by Gasteiger charge is -2.16. The van der Waals surface area contributed by atoms with Gasteiger partial charge in [-0.2, -0.15) is 0 Å². The Morgan fingerprint density at radius 3 is 2.43 bits per heavy atom. The Labute approximate surface area is 133 Å². The van der Waals surface area contributed by atoms with E-state index in [1.54, 1.807) is 0 Å². The van der Waals surface area contributed by atoms with Crippen LogP contribution >= 0.6 is 15.9 Å². The quantitative estimate of drug-likeness (QED) is 0.872. The first-order valence-corrected chi connectivity index (χ1v) is 7.71. The van der Waals surface area contributed by atoms with E-state index in [1.807, 2.05) is 55.5 Å². The summed E-state index contributed by atoms with van der Waals surface area (Å²) in [6, 6.07) is 15.6. The highest BCUT2D eigenvalue weighted by atomic mass is 79.9. The Bertz CT molecular complexity index is 628. The Hall–Kier alpha value is -1.65. The second kappa shape index (κ2) is 7.38. The molecule has 0 saturated carbocycles. The molecule has 1 unspecified atom stereocenters. The van der Waals surface area contributed by atoms with Gasteiger partial charge in [0, 0.05) is 11.0 Å². The summed E-state index contributed by atoms with van der Waals surface area (Å²) in [5, 5.41) is 3.03. The number of hydrogen-bond acceptors (Lipinski definition) is 2. The normalized spacial score (nSPS) is 12.0. The second-order valence-electron chi connectivity index (χ2n) is 4.96. The zero-order valence-electron chi connectivity index (χ0n) is 12.0. The molecule has 0 aliphatic rings. The summed E-state index contributed by atoms with van der Waals surface area (Å²) in [7, 11) is 0. The Balaban J connectivity index is 2.03. The molecular formula is C17H19BrN2O. The molecule has 0 aromatic heterocycles. The molecule has 0 heterocycles. The van der Waals surface area contributed by atoms with Gasteiger partial charge in [-0.05, 0) is 29.7 Å². The minimum absolute atomic E-state index is 0.000784. The lowest BCUT2D eigenvalue weighted by molar-refractivity contribution is -0.121. The molecule has 0 saturated heterocycles. The monoisotopic (exact) mass is 346 g/mol. The van der Waals surface area contributed by atoms with Gasteiger partial charge in [-0.3, -0.25) is 4.79 Å². The number of hydrogen-bond donors (Lipinski definition) is 2. The summed E-state index contributed by atoms with van der Waals surface area (Å²) in [5.41, 5.74) is 8.77. The molecule has 0 fully saturated rings. The van der Waals surface area contributed by atoms with Crippen LogP contribution in [0, 0.1) is 0 Å². The van der Waals surface area contributed by atoms with Crippen molar-refractivity contribution >= 4 is 21.8 Å². The topological polar surface area (TPSA) is 55.1 Å². The Morgan fingerprint density at radius 2 is 1.76 bits per heavy atom. The zero-order chi connectivity index (χ0) is 15.2. The summed E-state index contributed by atoms with van der Waals surface area (Å²) in [6.07, 6.45) is 0.349. The highest BCUT2D eigenvalue weighted by Crippen LogP contribution is 2.22. The summed E-state index contributed by atoms with van der Waals surface area (Å²) in [5.74, 6) is -0.000784. The van der Waals surface area contributed by atoms with Gasteiger partial charge in [-0.1, -0.05) is 58.4 Å². The molecule has 110 valence electrons. The highest BCUT2D eigenvalue weighted by molar-refractivity contribution is 9.10. The van der Waals surface area contributed by atoms with Crippen molar-refractivity contribution < 1.29 is 4.79 Å². The maximum absolute atomic E-state index is 12.2. The minimum Gasteiger partial charge on any atom is -0.349 e. The van der Waals surface area contributed by atoms with Crippen molar-refractivity contribution in [1.82, 2.24) is 5.32 Å². The molecule has 3 nitrogen and oxygen atoms in total. The number of nitrogens with one attached hydrogen (secondary N) is 1. The van der Waals surface area contributed by atoms with Gasteiger partial charge in [0.1, 0.15) is 0 Å². The SMILES string of the molecule is CC(NC(=O)Cc1ccccc1CN)c1ccccc1Br. The van der Waals surface area contributed by atoms with E-state index in [-0.39, 0.29) is 11.9 Å². The van der Waals surface area contributed by atoms with Crippen LogP contribution in [0.5, 0.6) is 0 Å². The number of halogens is 1. The predicted octanol–water partition coefficient (Wildman–Crippen LogP) is 3.33. The Kier molecular flexibility index (Phi) is 5.53. The van der Waals surface area contributed by atoms with Crippen molar-refractivity contribution in [2.45, 2.75) is 25.9 Å². The number of nitrogens with two attached hydrogens (primary N) is 1. The van der Waals surface area contributed by atoms with Crippen LogP contribution in [0.3, 0.4) is 0 Å². The molecule has 1 atom stereocenters. The van der Waals surface area contributed by atoms with E-state index >= 15 is 0 Å². The number of carbonyl (C=O) groups excluding carboxylic acids is 1. The third kappa shape index (κ3) is 4.16. The summed E-state index contributed by atoms with van der Waals surface area (Å²) in [6.45, 7) is 2.43. The molecule has 2 aromatic rings. The van der Waals surface area contributed by atoms with Gasteiger partial charge >= 0.3 is 0 Å². The van der Waals surface area contributed by atoms with Gasteiger partial charge in [0.05, 0.1) is 12.5 Å². The first-order valence-electron chi connectivity index (χ1n) is 6.92. The first kappa shape index (κ1) is 15.7. The summed E-state index contributed by atoms with van der Waals surface area (Å²) < 4.78 is 1.00. The third-order valence-corrected chi connectivity index (χ3v) is 4.16. The van der Waals surface area contributed by atoms with Crippen molar-refractivity contribution in [1.29, 1.82) is 0 Å². The van der Waals surface area contributed by atoms with E-state index in [0.29, 0.717) is 13.0 Å². The number of rotatable bonds is 5. The lowest BCUT2D eigenvalue weighted by atomic mass is 10.0. The van der Waals surface area contributed by atoms with Crippen molar-refractivity contribution in [3.8, 4) is 0 Å². The van der Waals surface area contributed by atoms with Crippen LogP contribution in [0.15, 0.2) is 53.0 Å². The zero-order valence-corrected chi connectivity index (χ0v) is 13.6. The molecule has 1 amide bonds. The average Bonchev–Trinajstić information content (AvgIpc) is 2.48. The van der Waals surface area contributed by atoms with Crippen LogP contribution in [-0.4, -0.2) is 5.91 Å². The van der Waals surface area contributed by atoms with Gasteiger partial charge in [0.15, 0.2) is 0 Å². The molecule has 4 heteroatoms. The van der Waals surface area contributed by atoms with Crippen LogP contribution in [-0.2, 0) is 17.8 Å². The van der Waals surface area contributed by atoms with Crippen molar-refractivity contribution in [3.63, 3.8) is 0 Å². The van der Waals surface area contributed by atoms with Crippen LogP contribution in [0.4, 0.5) is 0 Å². The number of carbonyl (C=O) groups is 1. The van der Waals surface area contributed by atoms with Crippen molar-refractivity contribution in [3.05, 3.63) is 69.7 Å². The molecule has 2 rings (SSSR count). The molecule has 2 aromatic carbocycles. The molecule has 3 N–H and O–H groups in total. The van der Waals surface area contributed by atoms with Crippen LogP contribution in [0.25, 0.3) is 0 Å². The molecule has 0 bridgehead atoms. The van der Waals surface area contributed by atoms with Crippen LogP contribution in [0.1, 0.15) is 29.7 Å². The average molecular weight is 347 g/mol. The second-order valence-corrected chi connectivity index (χ2v) is 5.81. The van der Waals surface area contributed by atoms with Gasteiger partial charge in [0.25, 0.3) is 0 Å². The maximum atomic E-state index is 12.2. The fourth-order valence-corrected chi connectivity index (χ4v) is 2.93. The van der Waals surface area contributed by atoms with Gasteiger partial charge in [0.2, 0.25) is 5.91 Å². The minimum atomic E-state index is -0.0434. The standard InChI is InChI=1S/C17H19BrN2O/c1-12(15-8-4-5-9-16(15)18)20-17(21)10-13-6-2-3-7-14(13)11-19/h2-9,12H,10-11,19H2,1H3,(H,20,21). The van der Waals surface area contributed by atoms with E-state index in [2.05, 4.69) is 21.2 Å². The largest absolute Gasteiger partial charge is 0.349 e. The Morgan fingerprint density at radius 1 is 1.14 bits per heavy atom. The van der Waals surface area contributed by atoms with E-state index in [4.69, 9.17) is 5.73 Å². The highest BCUT2D eigenvalue weighted by Gasteiger charge is 2.13. The van der Waals surface area contributed by atoms with E-state index in [9.17, 15) is 4.79 Å². The first-order chi connectivity index (χ1) is 10.1. The fourth-order valence-electron chi connectivity index (χ4n) is 2.30. The molecule has 0 radical (unpaired) electrons. The van der Waals surface area contributed by atoms with E-state index in [1.165, 1.54) is 0 Å². The van der Waals surface area contributed by atoms with Gasteiger partial charge in [-0.15, -0.1) is 0 Å². The van der Waals surface area contributed by atoms with E-state index in [0.717, 1.165) is 21.2 Å². The fraction of sp³-hybridized carbons (Fsp3) is 0.235. The molecule has 0 spiro atoms. The predicted molar refractivity (Wildman–Crippen MR) is 88.7 cm³/mol. The number of amides is 1. The maximum Gasteiger partial charge on any atom is 0.224 e. The van der Waals surface area contributed by atoms with Crippen molar-refractivity contribution in [2.24, 2.45) is 5.73 Å². The summed E-state index contributed by atoms with van der Waals surface area (Å²) >= 11 is 3.51. The number of benzene rings is 2. The summed E-state index contributed by atoms with van der Waals surface area (Å²) in [4.78, 5) is 12.2. The lowest BCUT2D eigenvalue weighted by Crippen LogP contribution is -2.28. The molecular weight excluding hydrogens is 328 g/mol. The van der Waals surface area contributed by atoms with Gasteiger partial charge in [-0.25, -0.2) is 0 Å².